The number of piperidine rings is 1. The Kier molecular flexibility index (Phi) is 3.98. The van der Waals surface area contributed by atoms with Crippen LogP contribution in [0.3, 0.4) is 0 Å². The SMILES string of the molecule is CN(C)C1CCN(c2nc(-c3ccccc3)ns2)CC1. The van der Waals surface area contributed by atoms with Gasteiger partial charge in [-0.05, 0) is 26.9 Å². The standard InChI is InChI=1S/C15H20N4S/c1-18(2)13-8-10-19(11-9-13)15-16-14(17-20-15)12-6-4-3-5-7-12/h3-7,13H,8-11H2,1-2H3. The Bertz CT molecular complexity index is 544. The molecule has 20 heavy (non-hydrogen) atoms. The minimum absolute atomic E-state index is 0.702. The molecule has 1 fully saturated rings. The van der Waals surface area contributed by atoms with E-state index in [2.05, 4.69) is 40.4 Å². The normalized spacial score (nSPS) is 16.9. The van der Waals surface area contributed by atoms with Crippen molar-refractivity contribution in [1.82, 2.24) is 14.3 Å². The van der Waals surface area contributed by atoms with Crippen LogP contribution in [0.5, 0.6) is 0 Å². The van der Waals surface area contributed by atoms with Gasteiger partial charge in [-0.2, -0.15) is 9.36 Å². The number of rotatable bonds is 3. The van der Waals surface area contributed by atoms with Crippen LogP contribution in [0.25, 0.3) is 11.4 Å². The predicted molar refractivity (Wildman–Crippen MR) is 84.3 cm³/mol. The molecular weight excluding hydrogens is 268 g/mol. The van der Waals surface area contributed by atoms with Gasteiger partial charge in [0.15, 0.2) is 5.82 Å². The average molecular weight is 288 g/mol. The van der Waals surface area contributed by atoms with Crippen molar-refractivity contribution in [3.8, 4) is 11.4 Å². The van der Waals surface area contributed by atoms with Gasteiger partial charge in [0, 0.05) is 36.2 Å². The number of hydrogen-bond donors (Lipinski definition) is 0. The number of anilines is 1. The third kappa shape index (κ3) is 2.83. The molecule has 3 rings (SSSR count). The largest absolute Gasteiger partial charge is 0.347 e. The first-order valence-corrected chi connectivity index (χ1v) is 7.82. The van der Waals surface area contributed by atoms with Crippen molar-refractivity contribution in [1.29, 1.82) is 0 Å². The van der Waals surface area contributed by atoms with Crippen molar-refractivity contribution < 1.29 is 0 Å². The second-order valence-corrected chi connectivity index (χ2v) is 6.18. The van der Waals surface area contributed by atoms with Crippen molar-refractivity contribution in [3.05, 3.63) is 30.3 Å². The molecule has 1 aliphatic rings. The first-order valence-electron chi connectivity index (χ1n) is 7.04. The van der Waals surface area contributed by atoms with Gasteiger partial charge in [-0.15, -0.1) is 0 Å². The fourth-order valence-corrected chi connectivity index (χ4v) is 3.36. The zero-order valence-corrected chi connectivity index (χ0v) is 12.8. The Labute approximate surface area is 124 Å². The quantitative estimate of drug-likeness (QED) is 0.869. The van der Waals surface area contributed by atoms with Crippen LogP contribution in [0.1, 0.15) is 12.8 Å². The van der Waals surface area contributed by atoms with Crippen LogP contribution in [0, 0.1) is 0 Å². The number of nitrogens with zero attached hydrogens (tertiary/aromatic N) is 4. The minimum Gasteiger partial charge on any atom is -0.347 e. The summed E-state index contributed by atoms with van der Waals surface area (Å²) in [7, 11) is 4.33. The molecule has 106 valence electrons. The van der Waals surface area contributed by atoms with E-state index < -0.39 is 0 Å². The smallest absolute Gasteiger partial charge is 0.205 e. The van der Waals surface area contributed by atoms with Crippen molar-refractivity contribution in [2.24, 2.45) is 0 Å². The Morgan fingerprint density at radius 2 is 1.85 bits per heavy atom. The molecule has 5 heteroatoms. The molecule has 0 bridgehead atoms. The summed E-state index contributed by atoms with van der Waals surface area (Å²) < 4.78 is 4.49. The lowest BCUT2D eigenvalue weighted by Crippen LogP contribution is -2.41. The Balaban J connectivity index is 1.69. The summed E-state index contributed by atoms with van der Waals surface area (Å²) >= 11 is 1.51. The highest BCUT2D eigenvalue weighted by molar-refractivity contribution is 7.09. The predicted octanol–water partition coefficient (Wildman–Crippen LogP) is 2.74. The fourth-order valence-electron chi connectivity index (χ4n) is 2.62. The molecule has 2 heterocycles. The lowest BCUT2D eigenvalue weighted by molar-refractivity contribution is 0.249. The van der Waals surface area contributed by atoms with E-state index in [1.54, 1.807) is 0 Å². The monoisotopic (exact) mass is 288 g/mol. The molecule has 0 saturated carbocycles. The van der Waals surface area contributed by atoms with Gasteiger partial charge >= 0.3 is 0 Å². The molecule has 1 aromatic heterocycles. The zero-order valence-electron chi connectivity index (χ0n) is 12.0. The van der Waals surface area contributed by atoms with E-state index in [1.165, 1.54) is 24.4 Å². The minimum atomic E-state index is 0.702. The van der Waals surface area contributed by atoms with Crippen molar-refractivity contribution in [2.75, 3.05) is 32.1 Å². The van der Waals surface area contributed by atoms with Crippen molar-refractivity contribution in [2.45, 2.75) is 18.9 Å². The summed E-state index contributed by atoms with van der Waals surface area (Å²) in [5.74, 6) is 0.848. The van der Waals surface area contributed by atoms with E-state index in [0.717, 1.165) is 29.6 Å². The summed E-state index contributed by atoms with van der Waals surface area (Å²) in [4.78, 5) is 9.39. The lowest BCUT2D eigenvalue weighted by atomic mass is 10.0. The molecule has 0 atom stereocenters. The lowest BCUT2D eigenvalue weighted by Gasteiger charge is -2.34. The maximum absolute atomic E-state index is 4.69. The molecule has 0 unspecified atom stereocenters. The zero-order chi connectivity index (χ0) is 13.9. The summed E-state index contributed by atoms with van der Waals surface area (Å²) in [6.45, 7) is 2.15. The molecule has 4 nitrogen and oxygen atoms in total. The Morgan fingerprint density at radius 3 is 2.50 bits per heavy atom. The van der Waals surface area contributed by atoms with Gasteiger partial charge in [0.2, 0.25) is 5.13 Å². The van der Waals surface area contributed by atoms with E-state index in [1.807, 2.05) is 18.2 Å². The number of aromatic nitrogens is 2. The highest BCUT2D eigenvalue weighted by atomic mass is 32.1. The van der Waals surface area contributed by atoms with Gasteiger partial charge in [0.05, 0.1) is 0 Å². The maximum Gasteiger partial charge on any atom is 0.205 e. The number of benzene rings is 1. The van der Waals surface area contributed by atoms with Crippen molar-refractivity contribution in [3.63, 3.8) is 0 Å². The summed E-state index contributed by atoms with van der Waals surface area (Å²) in [5.41, 5.74) is 1.10. The first kappa shape index (κ1) is 13.5. The van der Waals surface area contributed by atoms with Crippen LogP contribution in [-0.2, 0) is 0 Å². The van der Waals surface area contributed by atoms with Gasteiger partial charge in [-0.1, -0.05) is 30.3 Å². The highest BCUT2D eigenvalue weighted by Crippen LogP contribution is 2.26. The van der Waals surface area contributed by atoms with Crippen LogP contribution >= 0.6 is 11.5 Å². The Morgan fingerprint density at radius 1 is 1.15 bits per heavy atom. The second kappa shape index (κ2) is 5.89. The average Bonchev–Trinajstić information content (AvgIpc) is 2.98. The van der Waals surface area contributed by atoms with E-state index >= 15 is 0 Å². The van der Waals surface area contributed by atoms with Gasteiger partial charge in [0.25, 0.3) is 0 Å². The van der Waals surface area contributed by atoms with Crippen LogP contribution < -0.4 is 4.90 Å². The van der Waals surface area contributed by atoms with Crippen LogP contribution in [0.4, 0.5) is 5.13 Å². The molecule has 1 saturated heterocycles. The summed E-state index contributed by atoms with van der Waals surface area (Å²) in [6.07, 6.45) is 2.40. The third-order valence-corrected chi connectivity index (χ3v) is 4.69. The molecule has 0 aliphatic carbocycles. The molecule has 0 amide bonds. The van der Waals surface area contributed by atoms with Crippen LogP contribution in [0.2, 0.25) is 0 Å². The van der Waals surface area contributed by atoms with Gasteiger partial charge in [0.1, 0.15) is 0 Å². The molecule has 0 spiro atoms. The molecule has 1 aromatic carbocycles. The van der Waals surface area contributed by atoms with E-state index in [-0.39, 0.29) is 0 Å². The second-order valence-electron chi connectivity index (χ2n) is 5.45. The van der Waals surface area contributed by atoms with E-state index in [4.69, 9.17) is 4.98 Å². The van der Waals surface area contributed by atoms with Gasteiger partial charge in [-0.3, -0.25) is 0 Å². The fraction of sp³-hybridized carbons (Fsp3) is 0.467. The van der Waals surface area contributed by atoms with Gasteiger partial charge < -0.3 is 9.80 Å². The molecular formula is C15H20N4S. The molecule has 2 aromatic rings. The Hall–Kier alpha value is -1.46. The number of hydrogen-bond acceptors (Lipinski definition) is 5. The first-order chi connectivity index (χ1) is 9.74. The third-order valence-electron chi connectivity index (χ3n) is 3.91. The van der Waals surface area contributed by atoms with E-state index in [0.29, 0.717) is 6.04 Å². The maximum atomic E-state index is 4.69. The molecule has 0 radical (unpaired) electrons. The van der Waals surface area contributed by atoms with Gasteiger partial charge in [-0.25, -0.2) is 0 Å². The highest BCUT2D eigenvalue weighted by Gasteiger charge is 2.22. The topological polar surface area (TPSA) is 32.3 Å². The van der Waals surface area contributed by atoms with E-state index in [9.17, 15) is 0 Å². The molecule has 1 aliphatic heterocycles. The van der Waals surface area contributed by atoms with Crippen LogP contribution in [-0.4, -0.2) is 47.5 Å². The summed E-state index contributed by atoms with van der Waals surface area (Å²) in [6, 6.07) is 10.9. The molecule has 0 N–H and O–H groups in total. The van der Waals surface area contributed by atoms with Crippen LogP contribution in [0.15, 0.2) is 30.3 Å². The van der Waals surface area contributed by atoms with Crippen molar-refractivity contribution >= 4 is 16.7 Å². The summed E-state index contributed by atoms with van der Waals surface area (Å²) in [5, 5.41) is 1.06.